The zero-order valence-corrected chi connectivity index (χ0v) is 15.6. The van der Waals surface area contributed by atoms with E-state index >= 15 is 0 Å². The molecule has 0 atom stereocenters. The average molecular weight is 371 g/mol. The van der Waals surface area contributed by atoms with Gasteiger partial charge < -0.3 is 15.5 Å². The summed E-state index contributed by atoms with van der Waals surface area (Å²) in [6.45, 7) is 2.18. The van der Waals surface area contributed by atoms with Crippen LogP contribution in [-0.2, 0) is 24.3 Å². The fourth-order valence-electron chi connectivity index (χ4n) is 3.02. The number of hydrogen-bond acceptors (Lipinski definition) is 2. The molecule has 2 aromatic rings. The van der Waals surface area contributed by atoms with Crippen molar-refractivity contribution in [1.82, 2.24) is 15.5 Å². The zero-order valence-electron chi connectivity index (χ0n) is 14.8. The maximum absolute atomic E-state index is 12.5. The Morgan fingerprint density at radius 2 is 1.85 bits per heavy atom. The van der Waals surface area contributed by atoms with Crippen molar-refractivity contribution in [1.29, 1.82) is 0 Å². The van der Waals surface area contributed by atoms with Crippen LogP contribution in [0.2, 0.25) is 5.02 Å². The number of carbonyl (C=O) groups excluding carboxylic acids is 1. The summed E-state index contributed by atoms with van der Waals surface area (Å²) in [7, 11) is 1.68. The van der Waals surface area contributed by atoms with Crippen LogP contribution in [0.5, 0.6) is 0 Å². The van der Waals surface area contributed by atoms with Gasteiger partial charge in [0.15, 0.2) is 5.96 Å². The lowest BCUT2D eigenvalue weighted by atomic mass is 10.00. The molecule has 26 heavy (non-hydrogen) atoms. The van der Waals surface area contributed by atoms with Gasteiger partial charge in [0.25, 0.3) is 0 Å². The number of fused-ring (bicyclic) bond motifs is 1. The van der Waals surface area contributed by atoms with Crippen LogP contribution in [0.4, 0.5) is 0 Å². The van der Waals surface area contributed by atoms with E-state index in [1.165, 1.54) is 11.1 Å². The SMILES string of the molecule is CN=C(NCC(=O)N1CCc2ccccc2C1)NCc1ccccc1Cl. The third-order valence-electron chi connectivity index (χ3n) is 4.52. The Bertz CT molecular complexity index is 806. The van der Waals surface area contributed by atoms with E-state index in [4.69, 9.17) is 11.6 Å². The van der Waals surface area contributed by atoms with Gasteiger partial charge in [-0.15, -0.1) is 0 Å². The monoisotopic (exact) mass is 370 g/mol. The highest BCUT2D eigenvalue weighted by Gasteiger charge is 2.20. The van der Waals surface area contributed by atoms with Gasteiger partial charge in [0.2, 0.25) is 5.91 Å². The standard InChI is InChI=1S/C20H23ClN4O/c1-22-20(23-12-16-7-4-5-9-18(16)21)24-13-19(26)25-11-10-15-6-2-3-8-17(15)14-25/h2-9H,10-14H2,1H3,(H2,22,23,24). The van der Waals surface area contributed by atoms with E-state index in [0.717, 1.165) is 18.5 Å². The van der Waals surface area contributed by atoms with Crippen LogP contribution in [0, 0.1) is 0 Å². The van der Waals surface area contributed by atoms with Gasteiger partial charge in [0, 0.05) is 31.7 Å². The van der Waals surface area contributed by atoms with E-state index in [9.17, 15) is 4.79 Å². The molecule has 1 heterocycles. The van der Waals surface area contributed by atoms with Gasteiger partial charge >= 0.3 is 0 Å². The van der Waals surface area contributed by atoms with Gasteiger partial charge in [-0.2, -0.15) is 0 Å². The number of rotatable bonds is 4. The average Bonchev–Trinajstić information content (AvgIpc) is 2.68. The summed E-state index contributed by atoms with van der Waals surface area (Å²) in [5, 5.41) is 6.98. The van der Waals surface area contributed by atoms with Gasteiger partial charge in [-0.25, -0.2) is 0 Å². The van der Waals surface area contributed by atoms with Crippen molar-refractivity contribution in [3.63, 3.8) is 0 Å². The third kappa shape index (κ3) is 4.55. The molecule has 1 aliphatic heterocycles. The van der Waals surface area contributed by atoms with E-state index < -0.39 is 0 Å². The third-order valence-corrected chi connectivity index (χ3v) is 4.89. The first-order chi connectivity index (χ1) is 12.7. The number of guanidine groups is 1. The topological polar surface area (TPSA) is 56.7 Å². The summed E-state index contributed by atoms with van der Waals surface area (Å²) < 4.78 is 0. The minimum Gasteiger partial charge on any atom is -0.352 e. The summed E-state index contributed by atoms with van der Waals surface area (Å²) in [4.78, 5) is 18.6. The van der Waals surface area contributed by atoms with Crippen LogP contribution in [-0.4, -0.2) is 36.9 Å². The summed E-state index contributed by atoms with van der Waals surface area (Å²) in [5.74, 6) is 0.649. The molecule has 0 spiro atoms. The molecule has 1 aliphatic rings. The van der Waals surface area contributed by atoms with Gasteiger partial charge in [-0.1, -0.05) is 54.1 Å². The van der Waals surface area contributed by atoms with Crippen molar-refractivity contribution in [2.45, 2.75) is 19.5 Å². The second kappa shape index (κ2) is 8.72. The second-order valence-corrected chi connectivity index (χ2v) is 6.61. The molecular weight excluding hydrogens is 348 g/mol. The first kappa shape index (κ1) is 18.3. The Kier molecular flexibility index (Phi) is 6.12. The molecule has 0 aromatic heterocycles. The normalized spacial score (nSPS) is 13.9. The van der Waals surface area contributed by atoms with Crippen molar-refractivity contribution in [3.8, 4) is 0 Å². The number of halogens is 1. The molecule has 1 amide bonds. The first-order valence-electron chi connectivity index (χ1n) is 8.70. The van der Waals surface area contributed by atoms with Gasteiger partial charge in [0.1, 0.15) is 0 Å². The molecule has 0 radical (unpaired) electrons. The number of nitrogens with zero attached hydrogens (tertiary/aromatic N) is 2. The molecule has 2 N–H and O–H groups in total. The summed E-state index contributed by atoms with van der Waals surface area (Å²) in [6.07, 6.45) is 0.904. The molecule has 0 fully saturated rings. The molecule has 136 valence electrons. The summed E-state index contributed by atoms with van der Waals surface area (Å²) in [6, 6.07) is 15.9. The fourth-order valence-corrected chi connectivity index (χ4v) is 3.22. The highest BCUT2D eigenvalue weighted by atomic mass is 35.5. The van der Waals surface area contributed by atoms with E-state index in [1.54, 1.807) is 7.05 Å². The van der Waals surface area contributed by atoms with Crippen LogP contribution < -0.4 is 10.6 Å². The van der Waals surface area contributed by atoms with E-state index in [0.29, 0.717) is 24.1 Å². The van der Waals surface area contributed by atoms with Crippen LogP contribution in [0.25, 0.3) is 0 Å². The molecule has 5 nitrogen and oxygen atoms in total. The summed E-state index contributed by atoms with van der Waals surface area (Å²) in [5.41, 5.74) is 3.55. The Morgan fingerprint density at radius 1 is 1.12 bits per heavy atom. The number of benzene rings is 2. The molecule has 0 bridgehead atoms. The minimum absolute atomic E-state index is 0.0696. The van der Waals surface area contributed by atoms with E-state index in [2.05, 4.69) is 27.8 Å². The molecule has 0 saturated carbocycles. The number of amides is 1. The van der Waals surface area contributed by atoms with Crippen molar-refractivity contribution in [3.05, 3.63) is 70.2 Å². The number of aliphatic imine (C=N–C) groups is 1. The largest absolute Gasteiger partial charge is 0.352 e. The Balaban J connectivity index is 1.49. The Morgan fingerprint density at radius 3 is 2.62 bits per heavy atom. The second-order valence-electron chi connectivity index (χ2n) is 6.20. The predicted molar refractivity (Wildman–Crippen MR) is 105 cm³/mol. The predicted octanol–water partition coefficient (Wildman–Crippen LogP) is 2.59. The number of hydrogen-bond donors (Lipinski definition) is 2. The van der Waals surface area contributed by atoms with E-state index in [1.807, 2.05) is 41.3 Å². The molecule has 0 unspecified atom stereocenters. The maximum Gasteiger partial charge on any atom is 0.242 e. The molecular formula is C20H23ClN4O. The van der Waals surface area contributed by atoms with Crippen LogP contribution in [0.15, 0.2) is 53.5 Å². The smallest absolute Gasteiger partial charge is 0.242 e. The summed E-state index contributed by atoms with van der Waals surface area (Å²) >= 11 is 6.16. The molecule has 2 aromatic carbocycles. The highest BCUT2D eigenvalue weighted by molar-refractivity contribution is 6.31. The number of nitrogens with one attached hydrogen (secondary N) is 2. The van der Waals surface area contributed by atoms with Gasteiger partial charge in [-0.05, 0) is 29.2 Å². The Labute approximate surface area is 159 Å². The minimum atomic E-state index is 0.0696. The Hall–Kier alpha value is -2.53. The maximum atomic E-state index is 12.5. The van der Waals surface area contributed by atoms with Crippen molar-refractivity contribution in [2.75, 3.05) is 20.1 Å². The van der Waals surface area contributed by atoms with Gasteiger partial charge in [0.05, 0.1) is 6.54 Å². The highest BCUT2D eigenvalue weighted by Crippen LogP contribution is 2.18. The fraction of sp³-hybridized carbons (Fsp3) is 0.300. The lowest BCUT2D eigenvalue weighted by Gasteiger charge is -2.29. The van der Waals surface area contributed by atoms with Crippen molar-refractivity contribution < 1.29 is 4.79 Å². The number of carbonyl (C=O) groups is 1. The molecule has 6 heteroatoms. The molecule has 0 aliphatic carbocycles. The first-order valence-corrected chi connectivity index (χ1v) is 9.07. The molecule has 3 rings (SSSR count). The zero-order chi connectivity index (χ0) is 18.4. The molecule has 0 saturated heterocycles. The van der Waals surface area contributed by atoms with Gasteiger partial charge in [-0.3, -0.25) is 9.79 Å². The van der Waals surface area contributed by atoms with Crippen LogP contribution in [0.1, 0.15) is 16.7 Å². The van der Waals surface area contributed by atoms with E-state index in [-0.39, 0.29) is 12.5 Å². The lowest BCUT2D eigenvalue weighted by molar-refractivity contribution is -0.130. The van der Waals surface area contributed by atoms with Crippen molar-refractivity contribution in [2.24, 2.45) is 4.99 Å². The lowest BCUT2D eigenvalue weighted by Crippen LogP contribution is -2.45. The van der Waals surface area contributed by atoms with Crippen LogP contribution in [0.3, 0.4) is 0 Å². The van der Waals surface area contributed by atoms with Crippen molar-refractivity contribution >= 4 is 23.5 Å². The quantitative estimate of drug-likeness (QED) is 0.642. The van der Waals surface area contributed by atoms with Crippen LogP contribution >= 0.6 is 11.6 Å².